The Morgan fingerprint density at radius 2 is 1.69 bits per heavy atom. The first-order chi connectivity index (χ1) is 12.3. The predicted molar refractivity (Wildman–Crippen MR) is 101 cm³/mol. The van der Waals surface area contributed by atoms with Crippen molar-refractivity contribution in [3.63, 3.8) is 0 Å². The van der Waals surface area contributed by atoms with Crippen LogP contribution >= 0.6 is 0 Å². The van der Waals surface area contributed by atoms with Crippen molar-refractivity contribution < 1.29 is 17.3 Å². The third-order valence-corrected chi connectivity index (χ3v) is 5.77. The van der Waals surface area contributed by atoms with E-state index >= 15 is 0 Å². The van der Waals surface area contributed by atoms with Gasteiger partial charge in [-0.15, -0.1) is 0 Å². The Hall–Kier alpha value is -1.89. The van der Waals surface area contributed by atoms with E-state index < -0.39 is 10.1 Å². The molecule has 2 aromatic carbocycles. The van der Waals surface area contributed by atoms with E-state index in [-0.39, 0.29) is 16.5 Å². The zero-order chi connectivity index (χ0) is 18.8. The van der Waals surface area contributed by atoms with Crippen molar-refractivity contribution in [1.82, 2.24) is 4.90 Å². The number of rotatable bonds is 4. The zero-order valence-corrected chi connectivity index (χ0v) is 16.2. The van der Waals surface area contributed by atoms with Crippen molar-refractivity contribution in [2.75, 3.05) is 19.7 Å². The number of morpholine rings is 1. The molecule has 0 N–H and O–H groups in total. The van der Waals surface area contributed by atoms with Gasteiger partial charge in [-0.3, -0.25) is 4.90 Å². The molecule has 1 saturated heterocycles. The summed E-state index contributed by atoms with van der Waals surface area (Å²) < 4.78 is 35.7. The standard InChI is InChI=1S/C20H25NO4S/c1-20(2,3)21-13-14-24-19(15-21)16-9-11-17(12-10-16)25-26(22,23)18-7-5-4-6-8-18/h4-12,19H,13-15H2,1-3H3. The van der Waals surface area contributed by atoms with Crippen LogP contribution in [0.25, 0.3) is 0 Å². The molecular weight excluding hydrogens is 350 g/mol. The molecule has 1 aliphatic heterocycles. The second kappa shape index (κ2) is 7.39. The van der Waals surface area contributed by atoms with Crippen LogP contribution in [0.2, 0.25) is 0 Å². The molecule has 2 aromatic rings. The maximum atomic E-state index is 12.3. The number of hydrogen-bond donors (Lipinski definition) is 0. The van der Waals surface area contributed by atoms with Gasteiger partial charge in [0.05, 0.1) is 12.7 Å². The van der Waals surface area contributed by atoms with Gasteiger partial charge in [-0.1, -0.05) is 30.3 Å². The van der Waals surface area contributed by atoms with E-state index in [4.69, 9.17) is 8.92 Å². The Morgan fingerprint density at radius 3 is 2.31 bits per heavy atom. The average molecular weight is 375 g/mol. The second-order valence-corrected chi connectivity index (χ2v) is 8.94. The van der Waals surface area contributed by atoms with E-state index in [1.807, 2.05) is 12.1 Å². The fourth-order valence-corrected chi connectivity index (χ4v) is 3.91. The molecule has 1 fully saturated rings. The monoisotopic (exact) mass is 375 g/mol. The van der Waals surface area contributed by atoms with Gasteiger partial charge in [-0.25, -0.2) is 0 Å². The largest absolute Gasteiger partial charge is 0.379 e. The third kappa shape index (κ3) is 4.44. The topological polar surface area (TPSA) is 55.8 Å². The van der Waals surface area contributed by atoms with Crippen LogP contribution in [0.3, 0.4) is 0 Å². The molecule has 140 valence electrons. The number of hydrogen-bond acceptors (Lipinski definition) is 5. The lowest BCUT2D eigenvalue weighted by Crippen LogP contribution is -2.48. The Morgan fingerprint density at radius 1 is 1.04 bits per heavy atom. The summed E-state index contributed by atoms with van der Waals surface area (Å²) in [7, 11) is -3.82. The van der Waals surface area contributed by atoms with Crippen molar-refractivity contribution in [1.29, 1.82) is 0 Å². The molecule has 6 heteroatoms. The zero-order valence-electron chi connectivity index (χ0n) is 15.4. The Labute approximate surface area is 155 Å². The van der Waals surface area contributed by atoms with Gasteiger partial charge >= 0.3 is 10.1 Å². The fourth-order valence-electron chi connectivity index (χ4n) is 2.96. The minimum Gasteiger partial charge on any atom is -0.379 e. The molecule has 0 aliphatic carbocycles. The number of ether oxygens (including phenoxy) is 1. The molecular formula is C20H25NO4S. The molecule has 0 amide bonds. The molecule has 0 bridgehead atoms. The van der Waals surface area contributed by atoms with Crippen LogP contribution in [0.5, 0.6) is 5.75 Å². The Kier molecular flexibility index (Phi) is 5.37. The van der Waals surface area contributed by atoms with Crippen LogP contribution in [-0.4, -0.2) is 38.6 Å². The van der Waals surface area contributed by atoms with Gasteiger partial charge in [0.1, 0.15) is 10.6 Å². The van der Waals surface area contributed by atoms with Crippen LogP contribution in [0.15, 0.2) is 59.5 Å². The van der Waals surface area contributed by atoms with Crippen LogP contribution in [0.4, 0.5) is 0 Å². The van der Waals surface area contributed by atoms with Crippen LogP contribution < -0.4 is 4.18 Å². The lowest BCUT2D eigenvalue weighted by molar-refractivity contribution is -0.0596. The first kappa shape index (κ1) is 18.9. The van der Waals surface area contributed by atoms with E-state index in [0.29, 0.717) is 12.4 Å². The van der Waals surface area contributed by atoms with Crippen molar-refractivity contribution in [2.45, 2.75) is 37.3 Å². The molecule has 1 atom stereocenters. The maximum absolute atomic E-state index is 12.3. The summed E-state index contributed by atoms with van der Waals surface area (Å²) in [6, 6.07) is 15.2. The smallest absolute Gasteiger partial charge is 0.339 e. The first-order valence-electron chi connectivity index (χ1n) is 8.72. The predicted octanol–water partition coefficient (Wildman–Crippen LogP) is 3.63. The summed E-state index contributed by atoms with van der Waals surface area (Å²) in [4.78, 5) is 2.53. The van der Waals surface area contributed by atoms with E-state index in [2.05, 4.69) is 25.7 Å². The quantitative estimate of drug-likeness (QED) is 0.764. The highest BCUT2D eigenvalue weighted by Crippen LogP contribution is 2.28. The minimum absolute atomic E-state index is 0.0252. The first-order valence-corrected chi connectivity index (χ1v) is 10.1. The normalized spacial score (nSPS) is 19.3. The van der Waals surface area contributed by atoms with Gasteiger partial charge in [0.15, 0.2) is 0 Å². The summed E-state index contributed by atoms with van der Waals surface area (Å²) in [5, 5.41) is 0. The van der Waals surface area contributed by atoms with Crippen LogP contribution in [0.1, 0.15) is 32.4 Å². The third-order valence-electron chi connectivity index (χ3n) is 4.50. The van der Waals surface area contributed by atoms with Crippen molar-refractivity contribution in [3.8, 4) is 5.75 Å². The summed E-state index contributed by atoms with van der Waals surface area (Å²) in [6.07, 6.45) is -0.0252. The van der Waals surface area contributed by atoms with E-state index in [0.717, 1.165) is 18.7 Å². The lowest BCUT2D eigenvalue weighted by Gasteiger charge is -2.41. The van der Waals surface area contributed by atoms with Crippen LogP contribution in [0, 0.1) is 0 Å². The van der Waals surface area contributed by atoms with Crippen molar-refractivity contribution in [3.05, 3.63) is 60.2 Å². The molecule has 26 heavy (non-hydrogen) atoms. The molecule has 1 aliphatic rings. The van der Waals surface area contributed by atoms with E-state index in [9.17, 15) is 8.42 Å². The van der Waals surface area contributed by atoms with Gasteiger partial charge in [-0.05, 0) is 50.6 Å². The lowest BCUT2D eigenvalue weighted by atomic mass is 10.0. The van der Waals surface area contributed by atoms with Gasteiger partial charge in [0.2, 0.25) is 0 Å². The summed E-state index contributed by atoms with van der Waals surface area (Å²) in [5.41, 5.74) is 1.11. The van der Waals surface area contributed by atoms with Gasteiger partial charge in [0.25, 0.3) is 0 Å². The van der Waals surface area contributed by atoms with E-state index in [1.165, 1.54) is 12.1 Å². The summed E-state index contributed by atoms with van der Waals surface area (Å²) >= 11 is 0. The van der Waals surface area contributed by atoms with Gasteiger partial charge in [-0.2, -0.15) is 8.42 Å². The SMILES string of the molecule is CC(C)(C)N1CCOC(c2ccc(OS(=O)(=O)c3ccccc3)cc2)C1. The summed E-state index contributed by atoms with van der Waals surface area (Å²) in [5.74, 6) is 0.293. The molecule has 0 radical (unpaired) electrons. The van der Waals surface area contributed by atoms with Crippen LogP contribution in [-0.2, 0) is 14.9 Å². The molecule has 1 unspecified atom stereocenters. The summed E-state index contributed by atoms with van der Waals surface area (Å²) in [6.45, 7) is 8.99. The van der Waals surface area contributed by atoms with Gasteiger partial charge in [0, 0.05) is 18.6 Å². The average Bonchev–Trinajstić information content (AvgIpc) is 2.62. The fraction of sp³-hybridized carbons (Fsp3) is 0.400. The Bertz CT molecular complexity index is 826. The van der Waals surface area contributed by atoms with Crippen molar-refractivity contribution >= 4 is 10.1 Å². The minimum atomic E-state index is -3.82. The number of nitrogens with zero attached hydrogens (tertiary/aromatic N) is 1. The van der Waals surface area contributed by atoms with E-state index in [1.54, 1.807) is 30.3 Å². The molecule has 1 heterocycles. The highest BCUT2D eigenvalue weighted by molar-refractivity contribution is 7.87. The highest BCUT2D eigenvalue weighted by atomic mass is 32.2. The highest BCUT2D eigenvalue weighted by Gasteiger charge is 2.29. The van der Waals surface area contributed by atoms with Crippen molar-refractivity contribution in [2.24, 2.45) is 0 Å². The van der Waals surface area contributed by atoms with Gasteiger partial charge < -0.3 is 8.92 Å². The molecule has 5 nitrogen and oxygen atoms in total. The molecule has 0 saturated carbocycles. The molecule has 3 rings (SSSR count). The molecule has 0 aromatic heterocycles. The Balaban J connectivity index is 1.71. The maximum Gasteiger partial charge on any atom is 0.339 e. The second-order valence-electron chi connectivity index (χ2n) is 7.40. The molecule has 0 spiro atoms. The number of benzene rings is 2.